The second kappa shape index (κ2) is 5.87. The maximum Gasteiger partial charge on any atom is 0.301 e. The number of nitrogens with one attached hydrogen (secondary N) is 1. The summed E-state index contributed by atoms with van der Waals surface area (Å²) in [7, 11) is 0. The van der Waals surface area contributed by atoms with Crippen LogP contribution < -0.4 is 5.32 Å². The maximum atomic E-state index is 14.4. The van der Waals surface area contributed by atoms with E-state index in [1.165, 1.54) is 0 Å². The largest absolute Gasteiger partial charge is 0.426 e. The summed E-state index contributed by atoms with van der Waals surface area (Å²) in [6.45, 7) is 2.40. The fourth-order valence-corrected chi connectivity index (χ4v) is 3.38. The molecule has 2 heterocycles. The van der Waals surface area contributed by atoms with E-state index in [9.17, 15) is 4.39 Å². The number of nitrogens with zero attached hydrogens (tertiary/aromatic N) is 1. The number of halogens is 3. The molecule has 130 valence electrons. The number of rotatable bonds is 3. The summed E-state index contributed by atoms with van der Waals surface area (Å²) in [5.74, 6) is -0.799. The Labute approximate surface area is 154 Å². The molecular formula is C18H15Cl2FN2O2. The highest BCUT2D eigenvalue weighted by atomic mass is 35.5. The van der Waals surface area contributed by atoms with Crippen LogP contribution in [0.15, 0.2) is 47.6 Å². The number of alkyl halides is 1. The van der Waals surface area contributed by atoms with Crippen molar-refractivity contribution in [1.29, 1.82) is 0 Å². The molecule has 4 nitrogen and oxygen atoms in total. The van der Waals surface area contributed by atoms with Gasteiger partial charge < -0.3 is 14.9 Å². The minimum atomic E-state index is -1.29. The molecule has 0 aliphatic carbocycles. The molecule has 0 radical (unpaired) electrons. The first-order chi connectivity index (χ1) is 11.9. The van der Waals surface area contributed by atoms with Gasteiger partial charge in [0.25, 0.3) is 5.90 Å². The van der Waals surface area contributed by atoms with Gasteiger partial charge in [-0.25, -0.2) is 4.39 Å². The van der Waals surface area contributed by atoms with Crippen molar-refractivity contribution in [3.63, 3.8) is 0 Å². The summed E-state index contributed by atoms with van der Waals surface area (Å²) in [4.78, 5) is 5.50. The highest BCUT2D eigenvalue weighted by Gasteiger charge is 2.40. The van der Waals surface area contributed by atoms with E-state index in [-0.39, 0.29) is 0 Å². The van der Waals surface area contributed by atoms with Crippen molar-refractivity contribution in [3.05, 3.63) is 69.2 Å². The van der Waals surface area contributed by atoms with Crippen LogP contribution in [0.5, 0.6) is 0 Å². The first-order valence-electron chi connectivity index (χ1n) is 7.80. The van der Waals surface area contributed by atoms with Gasteiger partial charge in [0, 0.05) is 41.2 Å². The van der Waals surface area contributed by atoms with E-state index < -0.39 is 11.5 Å². The lowest BCUT2D eigenvalue weighted by Gasteiger charge is -2.35. The Balaban J connectivity index is 1.55. The third-order valence-corrected chi connectivity index (χ3v) is 4.88. The van der Waals surface area contributed by atoms with Crippen LogP contribution in [0.4, 0.5) is 4.39 Å². The van der Waals surface area contributed by atoms with E-state index in [0.717, 1.165) is 0 Å². The van der Waals surface area contributed by atoms with Gasteiger partial charge in [0.2, 0.25) is 0 Å². The third-order valence-electron chi connectivity index (χ3n) is 4.44. The standard InChI is InChI=1S/C18H15Cl2FN2O2/c1-17(13-6-14(19)8-15(20)7-13)24-16(23-25-17)11-2-4-12(5-3-11)18(21)9-22-10-18/h2-8,22H,9-10H2,1H3. The Hall–Kier alpha value is -1.82. The zero-order valence-corrected chi connectivity index (χ0v) is 14.9. The zero-order chi connectivity index (χ0) is 17.7. The van der Waals surface area contributed by atoms with Crippen LogP contribution in [0.1, 0.15) is 23.6 Å². The molecule has 0 spiro atoms. The first kappa shape index (κ1) is 16.6. The fraction of sp³-hybridized carbons (Fsp3) is 0.278. The summed E-state index contributed by atoms with van der Waals surface area (Å²) >= 11 is 12.1. The van der Waals surface area contributed by atoms with Crippen LogP contribution >= 0.6 is 23.2 Å². The lowest BCUT2D eigenvalue weighted by Crippen LogP contribution is -2.53. The Kier molecular flexibility index (Phi) is 3.90. The fourth-order valence-electron chi connectivity index (χ4n) is 2.85. The molecule has 4 rings (SSSR count). The van der Waals surface area contributed by atoms with Crippen LogP contribution in [0.2, 0.25) is 10.0 Å². The molecule has 2 aliphatic rings. The van der Waals surface area contributed by atoms with Crippen molar-refractivity contribution in [3.8, 4) is 0 Å². The van der Waals surface area contributed by atoms with E-state index in [1.807, 2.05) is 0 Å². The average molecular weight is 381 g/mol. The molecule has 1 fully saturated rings. The molecule has 1 N–H and O–H groups in total. The molecule has 1 atom stereocenters. The van der Waals surface area contributed by atoms with Crippen LogP contribution in [-0.4, -0.2) is 19.0 Å². The van der Waals surface area contributed by atoms with Crippen molar-refractivity contribution in [1.82, 2.24) is 5.32 Å². The van der Waals surface area contributed by atoms with Gasteiger partial charge >= 0.3 is 5.79 Å². The SMILES string of the molecule is CC1(c2cc(Cl)cc(Cl)c2)ON=C(c2ccc(C3(F)CNC3)cc2)O1. The lowest BCUT2D eigenvalue weighted by atomic mass is 9.89. The number of hydrogen-bond donors (Lipinski definition) is 1. The molecule has 1 saturated heterocycles. The molecule has 2 aromatic rings. The second-order valence-electron chi connectivity index (χ2n) is 6.34. The Morgan fingerprint density at radius 3 is 2.24 bits per heavy atom. The number of ether oxygens (including phenoxy) is 1. The van der Waals surface area contributed by atoms with Gasteiger partial charge in [-0.05, 0) is 41.1 Å². The van der Waals surface area contributed by atoms with Crippen LogP contribution in [0.3, 0.4) is 0 Å². The molecule has 0 aromatic heterocycles. The topological polar surface area (TPSA) is 42.8 Å². The molecule has 0 bridgehead atoms. The highest BCUT2D eigenvalue weighted by Crippen LogP contribution is 2.36. The van der Waals surface area contributed by atoms with E-state index in [4.69, 9.17) is 32.8 Å². The maximum absolute atomic E-state index is 14.4. The third kappa shape index (κ3) is 2.97. The molecule has 25 heavy (non-hydrogen) atoms. The first-order valence-corrected chi connectivity index (χ1v) is 8.56. The van der Waals surface area contributed by atoms with E-state index in [1.54, 1.807) is 49.4 Å². The molecule has 7 heteroatoms. The van der Waals surface area contributed by atoms with E-state index in [0.29, 0.717) is 45.7 Å². The van der Waals surface area contributed by atoms with Gasteiger partial charge in [-0.1, -0.05) is 35.3 Å². The number of benzene rings is 2. The molecule has 1 unspecified atom stereocenters. The van der Waals surface area contributed by atoms with Crippen molar-refractivity contribution >= 4 is 29.1 Å². The Morgan fingerprint density at radius 2 is 1.68 bits per heavy atom. The monoisotopic (exact) mass is 380 g/mol. The van der Waals surface area contributed by atoms with E-state index in [2.05, 4.69) is 10.5 Å². The van der Waals surface area contributed by atoms with E-state index >= 15 is 0 Å². The predicted molar refractivity (Wildman–Crippen MR) is 94.6 cm³/mol. The summed E-state index contributed by atoms with van der Waals surface area (Å²) < 4.78 is 20.3. The summed E-state index contributed by atoms with van der Waals surface area (Å²) in [5.41, 5.74) is 0.707. The molecular weight excluding hydrogens is 366 g/mol. The van der Waals surface area contributed by atoms with Crippen LogP contribution in [-0.2, 0) is 21.0 Å². The van der Waals surface area contributed by atoms with Gasteiger partial charge in [-0.3, -0.25) is 0 Å². The van der Waals surface area contributed by atoms with Crippen molar-refractivity contribution in [2.45, 2.75) is 18.4 Å². The smallest absolute Gasteiger partial charge is 0.301 e. The summed E-state index contributed by atoms with van der Waals surface area (Å²) in [5, 5.41) is 7.93. The summed E-state index contributed by atoms with van der Waals surface area (Å²) in [6, 6.07) is 12.1. The van der Waals surface area contributed by atoms with Crippen LogP contribution in [0.25, 0.3) is 0 Å². The Bertz CT molecular complexity index is 832. The molecule has 0 saturated carbocycles. The number of oxime groups is 1. The number of hydrogen-bond acceptors (Lipinski definition) is 4. The normalized spacial score (nSPS) is 24.1. The van der Waals surface area contributed by atoms with Crippen molar-refractivity contribution in [2.24, 2.45) is 5.16 Å². The van der Waals surface area contributed by atoms with Gasteiger partial charge in [0.15, 0.2) is 5.67 Å². The molecule has 2 aliphatic heterocycles. The zero-order valence-electron chi connectivity index (χ0n) is 13.4. The summed E-state index contributed by atoms with van der Waals surface area (Å²) in [6.07, 6.45) is 0. The van der Waals surface area contributed by atoms with Crippen molar-refractivity contribution < 1.29 is 14.0 Å². The highest BCUT2D eigenvalue weighted by molar-refractivity contribution is 6.34. The average Bonchev–Trinajstić information content (AvgIpc) is 2.96. The molecule has 0 amide bonds. The minimum absolute atomic E-state index is 0.324. The van der Waals surface area contributed by atoms with Gasteiger partial charge in [-0.2, -0.15) is 0 Å². The quantitative estimate of drug-likeness (QED) is 0.860. The second-order valence-corrected chi connectivity index (χ2v) is 7.21. The predicted octanol–water partition coefficient (Wildman–Crippen LogP) is 4.34. The molecule has 2 aromatic carbocycles. The van der Waals surface area contributed by atoms with Crippen molar-refractivity contribution in [2.75, 3.05) is 13.1 Å². The minimum Gasteiger partial charge on any atom is -0.426 e. The van der Waals surface area contributed by atoms with Gasteiger partial charge in [0.05, 0.1) is 0 Å². The lowest BCUT2D eigenvalue weighted by molar-refractivity contribution is -0.152. The Morgan fingerprint density at radius 1 is 1.04 bits per heavy atom. The van der Waals surface area contributed by atoms with Gasteiger partial charge in [0.1, 0.15) is 0 Å². The van der Waals surface area contributed by atoms with Crippen LogP contribution in [0, 0.1) is 0 Å². The van der Waals surface area contributed by atoms with Gasteiger partial charge in [-0.15, -0.1) is 0 Å².